The molecule has 1 aliphatic rings. The number of amides is 1. The van der Waals surface area contributed by atoms with Crippen molar-refractivity contribution in [3.63, 3.8) is 0 Å². The van der Waals surface area contributed by atoms with Gasteiger partial charge in [-0.3, -0.25) is 9.48 Å². The van der Waals surface area contributed by atoms with Crippen molar-refractivity contribution in [1.29, 1.82) is 0 Å². The van der Waals surface area contributed by atoms with Crippen molar-refractivity contribution in [2.45, 2.75) is 13.1 Å². The third kappa shape index (κ3) is 3.04. The number of hydrogen-bond donors (Lipinski definition) is 2. The number of hydrogen-bond acceptors (Lipinski definition) is 4. The normalized spacial score (nSPS) is 19.5. The van der Waals surface area contributed by atoms with Crippen molar-refractivity contribution in [3.8, 4) is 0 Å². The molecule has 1 aromatic rings. The van der Waals surface area contributed by atoms with Gasteiger partial charge in [-0.1, -0.05) is 0 Å². The number of rotatable bonds is 4. The van der Waals surface area contributed by atoms with E-state index in [4.69, 9.17) is 4.74 Å². The minimum atomic E-state index is -0.0759. The van der Waals surface area contributed by atoms with Crippen LogP contribution in [0.1, 0.15) is 5.69 Å². The second kappa shape index (κ2) is 5.79. The lowest BCUT2D eigenvalue weighted by Crippen LogP contribution is -2.38. The highest BCUT2D eigenvalue weighted by Gasteiger charge is 2.22. The molecule has 0 aromatic carbocycles. The molecule has 2 heterocycles. The van der Waals surface area contributed by atoms with Crippen molar-refractivity contribution in [2.24, 2.45) is 5.92 Å². The standard InChI is InChI=1S/C11H18N4O2/c1-17-5-4-13-11(16)9-6-12-7-10-2-3-14-15(10)8-9/h2-3,9,12H,4-8H2,1H3,(H,13,16). The van der Waals surface area contributed by atoms with Crippen LogP contribution >= 0.6 is 0 Å². The molecule has 0 saturated heterocycles. The van der Waals surface area contributed by atoms with Crippen LogP contribution in [0.2, 0.25) is 0 Å². The molecular weight excluding hydrogens is 220 g/mol. The minimum absolute atomic E-state index is 0.0536. The summed E-state index contributed by atoms with van der Waals surface area (Å²) in [6, 6.07) is 1.97. The third-order valence-electron chi connectivity index (χ3n) is 2.87. The number of aromatic nitrogens is 2. The molecular formula is C11H18N4O2. The molecule has 1 aromatic heterocycles. The molecule has 17 heavy (non-hydrogen) atoms. The Labute approximate surface area is 100 Å². The van der Waals surface area contributed by atoms with Crippen LogP contribution in [0.4, 0.5) is 0 Å². The maximum absolute atomic E-state index is 11.9. The zero-order chi connectivity index (χ0) is 12.1. The van der Waals surface area contributed by atoms with Crippen molar-refractivity contribution in [1.82, 2.24) is 20.4 Å². The number of nitrogens with one attached hydrogen (secondary N) is 2. The lowest BCUT2D eigenvalue weighted by Gasteiger charge is -2.14. The van der Waals surface area contributed by atoms with E-state index in [-0.39, 0.29) is 11.8 Å². The summed E-state index contributed by atoms with van der Waals surface area (Å²) < 4.78 is 6.79. The second-order valence-electron chi connectivity index (χ2n) is 4.12. The number of fused-ring (bicyclic) bond motifs is 1. The van der Waals surface area contributed by atoms with Crippen LogP contribution < -0.4 is 10.6 Å². The van der Waals surface area contributed by atoms with Gasteiger partial charge in [0.1, 0.15) is 0 Å². The molecule has 0 radical (unpaired) electrons. The van der Waals surface area contributed by atoms with Crippen LogP contribution in [-0.2, 0) is 22.6 Å². The molecule has 0 spiro atoms. The number of carbonyl (C=O) groups excluding carboxylic acids is 1. The molecule has 0 fully saturated rings. The van der Waals surface area contributed by atoms with Gasteiger partial charge in [0.2, 0.25) is 5.91 Å². The van der Waals surface area contributed by atoms with Gasteiger partial charge >= 0.3 is 0 Å². The van der Waals surface area contributed by atoms with Gasteiger partial charge in [-0.05, 0) is 6.07 Å². The van der Waals surface area contributed by atoms with E-state index in [1.165, 1.54) is 0 Å². The fourth-order valence-electron chi connectivity index (χ4n) is 1.92. The van der Waals surface area contributed by atoms with E-state index < -0.39 is 0 Å². The molecule has 1 amide bonds. The Hall–Kier alpha value is -1.40. The van der Waals surface area contributed by atoms with Crippen LogP contribution in [0, 0.1) is 5.92 Å². The maximum Gasteiger partial charge on any atom is 0.226 e. The molecule has 0 saturated carbocycles. The highest BCUT2D eigenvalue weighted by molar-refractivity contribution is 5.78. The summed E-state index contributed by atoms with van der Waals surface area (Å²) in [5, 5.41) is 10.3. The van der Waals surface area contributed by atoms with Gasteiger partial charge in [0.15, 0.2) is 0 Å². The van der Waals surface area contributed by atoms with Gasteiger partial charge in [0.05, 0.1) is 24.8 Å². The average Bonchev–Trinajstić information content (AvgIpc) is 2.66. The molecule has 0 aliphatic carbocycles. The van der Waals surface area contributed by atoms with E-state index in [0.717, 1.165) is 12.2 Å². The Bertz CT molecular complexity index is 377. The third-order valence-corrected chi connectivity index (χ3v) is 2.87. The van der Waals surface area contributed by atoms with Crippen LogP contribution in [0.5, 0.6) is 0 Å². The Morgan fingerprint density at radius 3 is 3.47 bits per heavy atom. The van der Waals surface area contributed by atoms with Gasteiger partial charge in [-0.15, -0.1) is 0 Å². The van der Waals surface area contributed by atoms with Crippen LogP contribution in [-0.4, -0.2) is 42.5 Å². The molecule has 1 unspecified atom stereocenters. The SMILES string of the molecule is COCCNC(=O)C1CNCc2ccnn2C1. The zero-order valence-electron chi connectivity index (χ0n) is 9.98. The molecule has 6 nitrogen and oxygen atoms in total. The van der Waals surface area contributed by atoms with Gasteiger partial charge < -0.3 is 15.4 Å². The average molecular weight is 238 g/mol. The number of nitrogens with zero attached hydrogens (tertiary/aromatic N) is 2. The lowest BCUT2D eigenvalue weighted by molar-refractivity contribution is -0.125. The lowest BCUT2D eigenvalue weighted by atomic mass is 10.1. The molecule has 1 aliphatic heterocycles. The largest absolute Gasteiger partial charge is 0.383 e. The monoisotopic (exact) mass is 238 g/mol. The summed E-state index contributed by atoms with van der Waals surface area (Å²) in [5.74, 6) is -0.0223. The Morgan fingerprint density at radius 1 is 1.76 bits per heavy atom. The predicted octanol–water partition coefficient (Wildman–Crippen LogP) is -0.635. The van der Waals surface area contributed by atoms with Gasteiger partial charge in [0, 0.05) is 32.9 Å². The van der Waals surface area contributed by atoms with Crippen molar-refractivity contribution in [3.05, 3.63) is 18.0 Å². The molecule has 2 rings (SSSR count). The summed E-state index contributed by atoms with van der Waals surface area (Å²) in [4.78, 5) is 11.9. The number of methoxy groups -OCH3 is 1. The summed E-state index contributed by atoms with van der Waals surface area (Å²) in [6.07, 6.45) is 1.77. The fraction of sp³-hybridized carbons (Fsp3) is 0.636. The minimum Gasteiger partial charge on any atom is -0.383 e. The van der Waals surface area contributed by atoms with Crippen LogP contribution in [0.15, 0.2) is 12.3 Å². The first-order chi connectivity index (χ1) is 8.31. The summed E-state index contributed by atoms with van der Waals surface area (Å²) >= 11 is 0. The Morgan fingerprint density at radius 2 is 2.65 bits per heavy atom. The van der Waals surface area contributed by atoms with Gasteiger partial charge in [0.25, 0.3) is 0 Å². The topological polar surface area (TPSA) is 68.2 Å². The van der Waals surface area contributed by atoms with E-state index in [1.807, 2.05) is 10.7 Å². The highest BCUT2D eigenvalue weighted by atomic mass is 16.5. The van der Waals surface area contributed by atoms with E-state index >= 15 is 0 Å². The Balaban J connectivity index is 1.91. The molecule has 2 N–H and O–H groups in total. The second-order valence-corrected chi connectivity index (χ2v) is 4.12. The molecule has 94 valence electrons. The summed E-state index contributed by atoms with van der Waals surface area (Å²) in [6.45, 7) is 3.18. The van der Waals surface area contributed by atoms with E-state index in [2.05, 4.69) is 15.7 Å². The van der Waals surface area contributed by atoms with Crippen molar-refractivity contribution in [2.75, 3.05) is 26.8 Å². The molecule has 6 heteroatoms. The van der Waals surface area contributed by atoms with Crippen molar-refractivity contribution >= 4 is 5.91 Å². The maximum atomic E-state index is 11.9. The van der Waals surface area contributed by atoms with Crippen LogP contribution in [0.3, 0.4) is 0 Å². The van der Waals surface area contributed by atoms with Crippen molar-refractivity contribution < 1.29 is 9.53 Å². The van der Waals surface area contributed by atoms with Gasteiger partial charge in [-0.2, -0.15) is 5.10 Å². The number of ether oxygens (including phenoxy) is 1. The Kier molecular flexibility index (Phi) is 4.11. The fourth-order valence-corrected chi connectivity index (χ4v) is 1.92. The van der Waals surface area contributed by atoms with Gasteiger partial charge in [-0.25, -0.2) is 0 Å². The van der Waals surface area contributed by atoms with E-state index in [1.54, 1.807) is 13.3 Å². The van der Waals surface area contributed by atoms with E-state index in [9.17, 15) is 4.79 Å². The zero-order valence-corrected chi connectivity index (χ0v) is 9.98. The van der Waals surface area contributed by atoms with Crippen LogP contribution in [0.25, 0.3) is 0 Å². The first-order valence-corrected chi connectivity index (χ1v) is 5.79. The highest BCUT2D eigenvalue weighted by Crippen LogP contribution is 2.09. The molecule has 1 atom stereocenters. The number of carbonyl (C=O) groups is 1. The molecule has 0 bridgehead atoms. The van der Waals surface area contributed by atoms with E-state index in [0.29, 0.717) is 26.2 Å². The summed E-state index contributed by atoms with van der Waals surface area (Å²) in [7, 11) is 1.62. The smallest absolute Gasteiger partial charge is 0.226 e. The summed E-state index contributed by atoms with van der Waals surface area (Å²) in [5.41, 5.74) is 1.12. The first-order valence-electron chi connectivity index (χ1n) is 5.79. The quantitative estimate of drug-likeness (QED) is 0.685. The first kappa shape index (κ1) is 12.1. The predicted molar refractivity (Wildman–Crippen MR) is 62.3 cm³/mol.